The monoisotopic (exact) mass is 552 g/mol. The fraction of sp³-hybridized carbons (Fsp3) is 0.192. The molecule has 2 aromatic heterocycles. The van der Waals surface area contributed by atoms with Crippen LogP contribution < -0.4 is 11.0 Å². The molecule has 0 bridgehead atoms. The van der Waals surface area contributed by atoms with E-state index in [1.165, 1.54) is 21.7 Å². The van der Waals surface area contributed by atoms with Crippen molar-refractivity contribution in [1.29, 1.82) is 0 Å². The molecule has 0 fully saturated rings. The number of aryl methyl sites for hydroxylation is 2. The van der Waals surface area contributed by atoms with Gasteiger partial charge in [0.2, 0.25) is 0 Å². The minimum Gasteiger partial charge on any atom is -0.478 e. The van der Waals surface area contributed by atoms with Gasteiger partial charge in [0.15, 0.2) is 5.16 Å². The molecule has 188 valence electrons. The Morgan fingerprint density at radius 3 is 2.70 bits per heavy atom. The quantitative estimate of drug-likeness (QED) is 0.146. The van der Waals surface area contributed by atoms with Crippen molar-refractivity contribution in [3.8, 4) is 5.69 Å². The van der Waals surface area contributed by atoms with Crippen LogP contribution in [0.15, 0.2) is 63.6 Å². The molecule has 1 aliphatic rings. The number of carbonyl (C=O) groups is 2. The number of benzene rings is 2. The molecule has 37 heavy (non-hydrogen) atoms. The molecule has 2 aromatic carbocycles. The topological polar surface area (TPSA) is 114 Å². The predicted molar refractivity (Wildman–Crippen MR) is 147 cm³/mol. The van der Waals surface area contributed by atoms with Crippen molar-refractivity contribution in [1.82, 2.24) is 15.0 Å². The van der Waals surface area contributed by atoms with E-state index in [9.17, 15) is 19.5 Å². The zero-order valence-electron chi connectivity index (χ0n) is 19.4. The van der Waals surface area contributed by atoms with Gasteiger partial charge in [0.1, 0.15) is 4.83 Å². The molecule has 5 rings (SSSR count). The summed E-state index contributed by atoms with van der Waals surface area (Å²) in [4.78, 5) is 44.3. The number of carbonyl (C=O) groups excluding carboxylic acids is 1. The zero-order chi connectivity index (χ0) is 25.9. The van der Waals surface area contributed by atoms with E-state index in [4.69, 9.17) is 16.6 Å². The molecule has 8 nitrogen and oxygen atoms in total. The molecule has 0 unspecified atom stereocenters. The van der Waals surface area contributed by atoms with Crippen LogP contribution in [0.1, 0.15) is 39.2 Å². The van der Waals surface area contributed by atoms with E-state index in [-0.39, 0.29) is 16.9 Å². The summed E-state index contributed by atoms with van der Waals surface area (Å²) < 4.78 is 1.53. The third-order valence-electron chi connectivity index (χ3n) is 5.96. The molecule has 0 saturated heterocycles. The number of aromatic nitrogens is 2. The summed E-state index contributed by atoms with van der Waals surface area (Å²) in [6, 6.07) is 13.3. The van der Waals surface area contributed by atoms with Crippen molar-refractivity contribution < 1.29 is 14.7 Å². The first-order chi connectivity index (χ1) is 17.9. The van der Waals surface area contributed by atoms with Crippen molar-refractivity contribution in [3.05, 3.63) is 85.5 Å². The Balaban J connectivity index is 1.42. The number of carboxylic acid groups (broad SMARTS) is 1. The molecule has 0 radical (unpaired) electrons. The molecule has 4 aromatic rings. The van der Waals surface area contributed by atoms with Gasteiger partial charge in [-0.1, -0.05) is 41.6 Å². The van der Waals surface area contributed by atoms with Crippen LogP contribution in [0.3, 0.4) is 0 Å². The molecule has 0 saturated carbocycles. The first-order valence-electron chi connectivity index (χ1n) is 11.5. The Morgan fingerprint density at radius 2 is 1.92 bits per heavy atom. The largest absolute Gasteiger partial charge is 0.478 e. The van der Waals surface area contributed by atoms with Gasteiger partial charge in [0, 0.05) is 15.5 Å². The number of halogens is 1. The average Bonchev–Trinajstić information content (AvgIpc) is 3.27. The fourth-order valence-electron chi connectivity index (χ4n) is 4.24. The lowest BCUT2D eigenvalue weighted by Gasteiger charge is -2.13. The maximum atomic E-state index is 13.7. The highest BCUT2D eigenvalue weighted by Gasteiger charge is 2.23. The van der Waals surface area contributed by atoms with Crippen LogP contribution in [0, 0.1) is 0 Å². The standard InChI is InChI=1S/C26H21ClN4O4S2/c27-16-9-11-17(12-10-16)31-24(33)22-19-7-3-4-8-20(19)37-23(22)29-26(31)36-14-21(32)30-28-13-15-5-1-2-6-18(15)25(34)35/h1-2,5-6,9-13H,3-4,7-8,14H2,(H,30,32)(H,34,35). The van der Waals surface area contributed by atoms with E-state index >= 15 is 0 Å². The van der Waals surface area contributed by atoms with Crippen molar-refractivity contribution in [2.45, 2.75) is 30.8 Å². The van der Waals surface area contributed by atoms with Crippen LogP contribution in [0.2, 0.25) is 5.02 Å². The third kappa shape index (κ3) is 5.31. The van der Waals surface area contributed by atoms with Crippen LogP contribution in [-0.4, -0.2) is 38.5 Å². The third-order valence-corrected chi connectivity index (χ3v) is 8.34. The number of thiophene rings is 1. The van der Waals surface area contributed by atoms with Gasteiger partial charge < -0.3 is 5.11 Å². The number of fused-ring (bicyclic) bond motifs is 3. The number of carboxylic acids is 1. The summed E-state index contributed by atoms with van der Waals surface area (Å²) in [5, 5.41) is 14.8. The summed E-state index contributed by atoms with van der Waals surface area (Å²) >= 11 is 8.75. The van der Waals surface area contributed by atoms with E-state index in [1.807, 2.05) is 0 Å². The maximum Gasteiger partial charge on any atom is 0.336 e. The van der Waals surface area contributed by atoms with Crippen molar-refractivity contribution in [3.63, 3.8) is 0 Å². The number of aromatic carboxylic acids is 1. The smallest absolute Gasteiger partial charge is 0.336 e. The second-order valence-electron chi connectivity index (χ2n) is 8.38. The van der Waals surface area contributed by atoms with Gasteiger partial charge in [-0.25, -0.2) is 15.2 Å². The SMILES string of the molecule is O=C(CSc1nc2sc3c(c2c(=O)n1-c1ccc(Cl)cc1)CCCC3)NN=Cc1ccccc1C(=O)O. The molecule has 1 amide bonds. The summed E-state index contributed by atoms with van der Waals surface area (Å²) in [6.45, 7) is 0. The first kappa shape index (κ1) is 25.2. The van der Waals surface area contributed by atoms with E-state index in [0.29, 0.717) is 31.6 Å². The first-order valence-corrected chi connectivity index (χ1v) is 13.7. The molecule has 0 aliphatic heterocycles. The lowest BCUT2D eigenvalue weighted by molar-refractivity contribution is -0.118. The van der Waals surface area contributed by atoms with Gasteiger partial charge in [-0.2, -0.15) is 5.10 Å². The highest BCUT2D eigenvalue weighted by molar-refractivity contribution is 7.99. The van der Waals surface area contributed by atoms with Crippen LogP contribution in [-0.2, 0) is 17.6 Å². The van der Waals surface area contributed by atoms with Crippen LogP contribution in [0.25, 0.3) is 15.9 Å². The Kier molecular flexibility index (Phi) is 7.40. The lowest BCUT2D eigenvalue weighted by Crippen LogP contribution is -2.24. The van der Waals surface area contributed by atoms with Crippen molar-refractivity contribution in [2.24, 2.45) is 5.10 Å². The second-order valence-corrected chi connectivity index (χ2v) is 10.8. The molecule has 11 heteroatoms. The summed E-state index contributed by atoms with van der Waals surface area (Å²) in [7, 11) is 0. The molecular weight excluding hydrogens is 532 g/mol. The maximum absolute atomic E-state index is 13.7. The van der Waals surface area contributed by atoms with Gasteiger partial charge >= 0.3 is 5.97 Å². The summed E-state index contributed by atoms with van der Waals surface area (Å²) in [6.07, 6.45) is 5.25. The number of nitrogens with zero attached hydrogens (tertiary/aromatic N) is 3. The Labute approximate surface area is 225 Å². The predicted octanol–water partition coefficient (Wildman–Crippen LogP) is 4.92. The zero-order valence-corrected chi connectivity index (χ0v) is 21.8. The van der Waals surface area contributed by atoms with Gasteiger partial charge in [-0.15, -0.1) is 11.3 Å². The molecule has 2 N–H and O–H groups in total. The van der Waals surface area contributed by atoms with E-state index in [0.717, 1.165) is 43.0 Å². The van der Waals surface area contributed by atoms with Crippen LogP contribution in [0.5, 0.6) is 0 Å². The van der Waals surface area contributed by atoms with Crippen LogP contribution >= 0.6 is 34.7 Å². The van der Waals surface area contributed by atoms with E-state index < -0.39 is 11.9 Å². The minimum atomic E-state index is -1.08. The Hall–Kier alpha value is -3.47. The van der Waals surface area contributed by atoms with Gasteiger partial charge in [0.05, 0.1) is 28.6 Å². The molecule has 2 heterocycles. The summed E-state index contributed by atoms with van der Waals surface area (Å²) in [5.41, 5.74) is 4.42. The average molecular weight is 553 g/mol. The highest BCUT2D eigenvalue weighted by Crippen LogP contribution is 2.35. The Bertz CT molecular complexity index is 1590. The number of hydrogen-bond acceptors (Lipinski definition) is 7. The summed E-state index contributed by atoms with van der Waals surface area (Å²) in [5.74, 6) is -1.55. The van der Waals surface area contributed by atoms with Gasteiger partial charge in [0.25, 0.3) is 11.5 Å². The number of amides is 1. The Morgan fingerprint density at radius 1 is 1.16 bits per heavy atom. The fourth-order valence-corrected chi connectivity index (χ4v) is 6.48. The van der Waals surface area contributed by atoms with Crippen LogP contribution in [0.4, 0.5) is 0 Å². The van der Waals surface area contributed by atoms with E-state index in [2.05, 4.69) is 10.5 Å². The van der Waals surface area contributed by atoms with Crippen molar-refractivity contribution >= 4 is 63.0 Å². The molecular formula is C26H21ClN4O4S2. The van der Waals surface area contributed by atoms with Gasteiger partial charge in [-0.05, 0) is 61.6 Å². The lowest BCUT2D eigenvalue weighted by atomic mass is 9.97. The number of rotatable bonds is 7. The number of hydrazone groups is 1. The normalized spacial score (nSPS) is 13.1. The minimum absolute atomic E-state index is 0.0471. The molecule has 0 spiro atoms. The number of nitrogens with one attached hydrogen (secondary N) is 1. The number of thioether (sulfide) groups is 1. The van der Waals surface area contributed by atoms with E-state index in [1.54, 1.807) is 53.8 Å². The highest BCUT2D eigenvalue weighted by atomic mass is 35.5. The number of hydrogen-bond donors (Lipinski definition) is 2. The molecule has 1 aliphatic carbocycles. The molecule has 0 atom stereocenters. The van der Waals surface area contributed by atoms with Crippen molar-refractivity contribution in [2.75, 3.05) is 5.75 Å². The second kappa shape index (κ2) is 10.9. The van der Waals surface area contributed by atoms with Gasteiger partial charge in [-0.3, -0.25) is 14.2 Å².